The molecule has 0 unspecified atom stereocenters. The molecule has 0 fully saturated rings. The van der Waals surface area contributed by atoms with Crippen LogP contribution < -0.4 is 4.72 Å². The number of rotatable bonds is 5. The first kappa shape index (κ1) is 18.3. The Bertz CT molecular complexity index is 819. The van der Waals surface area contributed by atoms with E-state index in [0.29, 0.717) is 15.6 Å². The van der Waals surface area contributed by atoms with Crippen LogP contribution >= 0.6 is 23.2 Å². The molecule has 2 aromatic carbocycles. The highest BCUT2D eigenvalue weighted by atomic mass is 35.5. The SMILES string of the molecule is Cc1ccc([C@@H](C)NS(=O)(=O)Cc2ccc(Cl)cc2Cl)c(C)c1. The van der Waals surface area contributed by atoms with Crippen molar-refractivity contribution in [2.75, 3.05) is 0 Å². The Labute approximate surface area is 147 Å². The van der Waals surface area contributed by atoms with Crippen LogP contribution in [0.3, 0.4) is 0 Å². The third-order valence-corrected chi connectivity index (χ3v) is 5.60. The monoisotopic (exact) mass is 371 g/mol. The first-order valence-electron chi connectivity index (χ1n) is 7.19. The smallest absolute Gasteiger partial charge is 0.212 e. The molecular weight excluding hydrogens is 353 g/mol. The van der Waals surface area contributed by atoms with Crippen molar-refractivity contribution in [3.05, 3.63) is 68.7 Å². The van der Waals surface area contributed by atoms with Gasteiger partial charge in [0.15, 0.2) is 0 Å². The van der Waals surface area contributed by atoms with E-state index in [-0.39, 0.29) is 11.8 Å². The highest BCUT2D eigenvalue weighted by molar-refractivity contribution is 7.88. The Balaban J connectivity index is 2.17. The van der Waals surface area contributed by atoms with Crippen LogP contribution in [0.2, 0.25) is 10.0 Å². The zero-order valence-corrected chi connectivity index (χ0v) is 15.6. The standard InChI is InChI=1S/C17H19Cl2NO2S/c1-11-4-7-16(12(2)8-11)13(3)20-23(21,22)10-14-5-6-15(18)9-17(14)19/h4-9,13,20H,10H2,1-3H3/t13-/m1/s1. The quantitative estimate of drug-likeness (QED) is 0.820. The van der Waals surface area contributed by atoms with Gasteiger partial charge in [0.05, 0.1) is 5.75 Å². The van der Waals surface area contributed by atoms with Gasteiger partial charge in [-0.05, 0) is 49.6 Å². The van der Waals surface area contributed by atoms with Crippen molar-refractivity contribution in [1.82, 2.24) is 4.72 Å². The van der Waals surface area contributed by atoms with Gasteiger partial charge in [0.2, 0.25) is 10.0 Å². The topological polar surface area (TPSA) is 46.2 Å². The molecule has 0 aliphatic carbocycles. The first-order valence-corrected chi connectivity index (χ1v) is 9.60. The van der Waals surface area contributed by atoms with Crippen molar-refractivity contribution in [3.63, 3.8) is 0 Å². The number of hydrogen-bond acceptors (Lipinski definition) is 2. The van der Waals surface area contributed by atoms with Crippen LogP contribution in [0, 0.1) is 13.8 Å². The van der Waals surface area contributed by atoms with Gasteiger partial charge in [-0.3, -0.25) is 0 Å². The molecule has 2 aromatic rings. The van der Waals surface area contributed by atoms with Crippen molar-refractivity contribution in [2.24, 2.45) is 0 Å². The summed E-state index contributed by atoms with van der Waals surface area (Å²) in [5.74, 6) is -0.182. The normalized spacial score (nSPS) is 13.1. The lowest BCUT2D eigenvalue weighted by Crippen LogP contribution is -2.28. The van der Waals surface area contributed by atoms with Gasteiger partial charge in [0.1, 0.15) is 0 Å². The minimum absolute atomic E-state index is 0.182. The summed E-state index contributed by atoms with van der Waals surface area (Å²) in [5, 5.41) is 0.829. The van der Waals surface area contributed by atoms with E-state index in [0.717, 1.165) is 16.7 Å². The largest absolute Gasteiger partial charge is 0.216 e. The lowest BCUT2D eigenvalue weighted by atomic mass is 10.0. The molecule has 0 aromatic heterocycles. The number of aryl methyl sites for hydroxylation is 2. The molecule has 0 aliphatic heterocycles. The maximum Gasteiger partial charge on any atom is 0.216 e. The second-order valence-electron chi connectivity index (χ2n) is 5.69. The van der Waals surface area contributed by atoms with Gasteiger partial charge in [0, 0.05) is 16.1 Å². The van der Waals surface area contributed by atoms with Gasteiger partial charge in [-0.2, -0.15) is 0 Å². The molecule has 124 valence electrons. The first-order chi connectivity index (χ1) is 10.7. The maximum absolute atomic E-state index is 12.4. The molecule has 0 aliphatic rings. The molecule has 0 amide bonds. The molecule has 0 heterocycles. The van der Waals surface area contributed by atoms with Crippen LogP contribution in [0.25, 0.3) is 0 Å². The second kappa shape index (κ2) is 7.22. The summed E-state index contributed by atoms with van der Waals surface area (Å²) in [6, 6.07) is 10.5. The fourth-order valence-electron chi connectivity index (χ4n) is 2.53. The predicted octanol–water partition coefficient (Wildman–Crippen LogP) is 4.79. The van der Waals surface area contributed by atoms with E-state index in [2.05, 4.69) is 4.72 Å². The Hall–Kier alpha value is -1.07. The molecule has 0 radical (unpaired) electrons. The minimum atomic E-state index is -3.52. The number of halogens is 2. The molecule has 1 N–H and O–H groups in total. The van der Waals surface area contributed by atoms with E-state index in [1.807, 2.05) is 39.0 Å². The molecule has 0 saturated heterocycles. The van der Waals surface area contributed by atoms with Crippen molar-refractivity contribution in [1.29, 1.82) is 0 Å². The van der Waals surface area contributed by atoms with E-state index >= 15 is 0 Å². The fraction of sp³-hybridized carbons (Fsp3) is 0.294. The van der Waals surface area contributed by atoms with Crippen molar-refractivity contribution < 1.29 is 8.42 Å². The zero-order valence-electron chi connectivity index (χ0n) is 13.2. The fourth-order valence-corrected chi connectivity index (χ4v) is 4.49. The molecule has 1 atom stereocenters. The lowest BCUT2D eigenvalue weighted by Gasteiger charge is -2.17. The summed E-state index contributed by atoms with van der Waals surface area (Å²) < 4.78 is 27.5. The predicted molar refractivity (Wildman–Crippen MR) is 96.6 cm³/mol. The third kappa shape index (κ3) is 4.95. The number of sulfonamides is 1. The molecule has 6 heteroatoms. The van der Waals surface area contributed by atoms with E-state index in [1.54, 1.807) is 18.2 Å². The minimum Gasteiger partial charge on any atom is -0.212 e. The Morgan fingerprint density at radius 2 is 1.78 bits per heavy atom. The summed E-state index contributed by atoms with van der Waals surface area (Å²) in [6.45, 7) is 5.82. The van der Waals surface area contributed by atoms with Gasteiger partial charge in [-0.1, -0.05) is 53.0 Å². The highest BCUT2D eigenvalue weighted by Gasteiger charge is 2.19. The van der Waals surface area contributed by atoms with Crippen molar-refractivity contribution in [2.45, 2.75) is 32.6 Å². The van der Waals surface area contributed by atoms with Gasteiger partial charge >= 0.3 is 0 Å². The molecule has 3 nitrogen and oxygen atoms in total. The van der Waals surface area contributed by atoms with Gasteiger partial charge in [-0.25, -0.2) is 13.1 Å². The van der Waals surface area contributed by atoms with Crippen molar-refractivity contribution >= 4 is 33.2 Å². The Morgan fingerprint density at radius 3 is 2.39 bits per heavy atom. The van der Waals surface area contributed by atoms with E-state index in [1.165, 1.54) is 0 Å². The van der Waals surface area contributed by atoms with Crippen molar-refractivity contribution in [3.8, 4) is 0 Å². The van der Waals surface area contributed by atoms with Crippen LogP contribution in [0.4, 0.5) is 0 Å². The average Bonchev–Trinajstić information content (AvgIpc) is 2.41. The summed E-state index contributed by atoms with van der Waals surface area (Å²) in [5.41, 5.74) is 3.69. The van der Waals surface area contributed by atoms with Gasteiger partial charge in [-0.15, -0.1) is 0 Å². The summed E-state index contributed by atoms with van der Waals surface area (Å²) in [4.78, 5) is 0. The molecular formula is C17H19Cl2NO2S. The zero-order chi connectivity index (χ0) is 17.2. The van der Waals surface area contributed by atoms with Crippen LogP contribution in [0.1, 0.15) is 35.2 Å². The van der Waals surface area contributed by atoms with Gasteiger partial charge in [0.25, 0.3) is 0 Å². The van der Waals surface area contributed by atoms with Crippen LogP contribution in [0.5, 0.6) is 0 Å². The third-order valence-electron chi connectivity index (χ3n) is 3.61. The van der Waals surface area contributed by atoms with E-state index in [4.69, 9.17) is 23.2 Å². The van der Waals surface area contributed by atoms with Crippen LogP contribution in [-0.4, -0.2) is 8.42 Å². The molecule has 23 heavy (non-hydrogen) atoms. The Morgan fingerprint density at radius 1 is 1.09 bits per heavy atom. The summed E-state index contributed by atoms with van der Waals surface area (Å²) >= 11 is 11.9. The second-order valence-corrected chi connectivity index (χ2v) is 8.29. The molecule has 0 spiro atoms. The van der Waals surface area contributed by atoms with Gasteiger partial charge < -0.3 is 0 Å². The van der Waals surface area contributed by atoms with Crippen LogP contribution in [-0.2, 0) is 15.8 Å². The van der Waals surface area contributed by atoms with Crippen LogP contribution in [0.15, 0.2) is 36.4 Å². The van der Waals surface area contributed by atoms with E-state index < -0.39 is 10.0 Å². The van der Waals surface area contributed by atoms with E-state index in [9.17, 15) is 8.42 Å². The summed E-state index contributed by atoms with van der Waals surface area (Å²) in [6.07, 6.45) is 0. The maximum atomic E-state index is 12.4. The average molecular weight is 372 g/mol. The molecule has 2 rings (SSSR count). The number of nitrogens with one attached hydrogen (secondary N) is 1. The number of hydrogen-bond donors (Lipinski definition) is 1. The Kier molecular flexibility index (Phi) is 5.74. The lowest BCUT2D eigenvalue weighted by molar-refractivity contribution is 0.565. The number of benzene rings is 2. The molecule has 0 saturated carbocycles. The summed E-state index contributed by atoms with van der Waals surface area (Å²) in [7, 11) is -3.52. The highest BCUT2D eigenvalue weighted by Crippen LogP contribution is 2.24. The molecule has 0 bridgehead atoms.